The lowest BCUT2D eigenvalue weighted by molar-refractivity contribution is -0.147. The number of likely N-dealkylation sites (tertiary alicyclic amines) is 1. The Labute approximate surface area is 183 Å². The summed E-state index contributed by atoms with van der Waals surface area (Å²) in [6.07, 6.45) is 3.29. The fourth-order valence-corrected chi connectivity index (χ4v) is 4.72. The molecule has 0 aromatic heterocycles. The van der Waals surface area contributed by atoms with E-state index in [9.17, 15) is 9.59 Å². The quantitative estimate of drug-likeness (QED) is 0.775. The summed E-state index contributed by atoms with van der Waals surface area (Å²) in [5.74, 6) is 0.484. The molecule has 0 unspecified atom stereocenters. The van der Waals surface area contributed by atoms with Crippen molar-refractivity contribution >= 4 is 11.8 Å². The molecule has 2 amide bonds. The second-order valence-electron chi connectivity index (χ2n) is 8.61. The van der Waals surface area contributed by atoms with Crippen molar-refractivity contribution in [3.8, 4) is 16.9 Å². The minimum absolute atomic E-state index is 0.00215. The summed E-state index contributed by atoms with van der Waals surface area (Å²) in [6.45, 7) is 1.65. The fraction of sp³-hybridized carbons (Fsp3) is 0.440. The summed E-state index contributed by atoms with van der Waals surface area (Å²) in [4.78, 5) is 27.2. The van der Waals surface area contributed by atoms with E-state index >= 15 is 0 Å². The number of hydrogen-bond acceptors (Lipinski definition) is 4. The average Bonchev–Trinajstić information content (AvgIpc) is 3.34. The number of amides is 2. The van der Waals surface area contributed by atoms with Crippen LogP contribution in [0.5, 0.6) is 5.75 Å². The Bertz CT molecular complexity index is 920. The molecule has 164 valence electrons. The smallest absolute Gasteiger partial charge is 0.251 e. The summed E-state index contributed by atoms with van der Waals surface area (Å²) in [7, 11) is 1.65. The van der Waals surface area contributed by atoms with Crippen molar-refractivity contribution in [3.63, 3.8) is 0 Å². The Kier molecular flexibility index (Phi) is 6.28. The van der Waals surface area contributed by atoms with Gasteiger partial charge >= 0.3 is 0 Å². The highest BCUT2D eigenvalue weighted by molar-refractivity contribution is 5.85. The summed E-state index contributed by atoms with van der Waals surface area (Å²) >= 11 is 0. The van der Waals surface area contributed by atoms with Gasteiger partial charge in [-0.05, 0) is 60.9 Å². The largest absolute Gasteiger partial charge is 0.497 e. The number of methoxy groups -OCH3 is 1. The van der Waals surface area contributed by atoms with E-state index in [4.69, 9.17) is 15.2 Å². The minimum Gasteiger partial charge on any atom is -0.497 e. The van der Waals surface area contributed by atoms with Gasteiger partial charge in [-0.15, -0.1) is 0 Å². The van der Waals surface area contributed by atoms with E-state index in [-0.39, 0.29) is 17.9 Å². The van der Waals surface area contributed by atoms with Gasteiger partial charge in [0.25, 0.3) is 5.91 Å². The molecule has 0 aliphatic carbocycles. The van der Waals surface area contributed by atoms with Gasteiger partial charge in [0.15, 0.2) is 0 Å². The summed E-state index contributed by atoms with van der Waals surface area (Å²) < 4.78 is 10.8. The van der Waals surface area contributed by atoms with Crippen LogP contribution in [0.15, 0.2) is 48.5 Å². The van der Waals surface area contributed by atoms with Crippen LogP contribution < -0.4 is 10.5 Å². The third kappa shape index (κ3) is 4.59. The molecule has 0 saturated carbocycles. The van der Waals surface area contributed by atoms with Crippen LogP contribution in [0.4, 0.5) is 0 Å². The van der Waals surface area contributed by atoms with E-state index in [1.807, 2.05) is 36.4 Å². The van der Waals surface area contributed by atoms with Crippen molar-refractivity contribution in [2.45, 2.75) is 38.2 Å². The first-order valence-corrected chi connectivity index (χ1v) is 10.9. The van der Waals surface area contributed by atoms with Crippen LogP contribution in [-0.2, 0) is 20.7 Å². The number of hydrogen-bond donors (Lipinski definition) is 1. The van der Waals surface area contributed by atoms with Crippen LogP contribution in [0.25, 0.3) is 11.1 Å². The first-order valence-electron chi connectivity index (χ1n) is 10.9. The lowest BCUT2D eigenvalue weighted by Crippen LogP contribution is -2.55. The molecule has 2 N–H and O–H groups in total. The number of carbonyl (C=O) groups excluding carboxylic acids is 2. The predicted molar refractivity (Wildman–Crippen MR) is 119 cm³/mol. The standard InChI is InChI=1S/C25H30N2O4/c1-30-21-11-9-20(10-12-21)19-7-5-18(6-8-19)16-25(24(26)29)13-3-14-27(17-25)23(28)22-4-2-15-31-22/h5-12,22H,2-4,13-17H2,1H3,(H2,26,29)/t22-,25-/m1/s1. The van der Waals surface area contributed by atoms with Crippen LogP contribution in [0, 0.1) is 5.41 Å². The zero-order valence-electron chi connectivity index (χ0n) is 18.0. The van der Waals surface area contributed by atoms with Gasteiger partial charge in [0.05, 0.1) is 12.5 Å². The molecule has 6 nitrogen and oxygen atoms in total. The normalized spacial score (nSPS) is 23.5. The number of ether oxygens (including phenoxy) is 2. The number of nitrogens with two attached hydrogens (primary N) is 1. The molecule has 2 aliphatic heterocycles. The van der Waals surface area contributed by atoms with Crippen LogP contribution in [0.1, 0.15) is 31.2 Å². The van der Waals surface area contributed by atoms with Crippen molar-refractivity contribution < 1.29 is 19.1 Å². The average molecular weight is 423 g/mol. The molecule has 6 heteroatoms. The number of piperidine rings is 1. The Morgan fingerprint density at radius 3 is 2.35 bits per heavy atom. The van der Waals surface area contributed by atoms with Gasteiger partial charge in [0, 0.05) is 19.7 Å². The van der Waals surface area contributed by atoms with Crippen molar-refractivity contribution in [2.75, 3.05) is 26.8 Å². The summed E-state index contributed by atoms with van der Waals surface area (Å²) in [5, 5.41) is 0. The molecule has 2 saturated heterocycles. The molecule has 2 fully saturated rings. The third-order valence-electron chi connectivity index (χ3n) is 6.54. The van der Waals surface area contributed by atoms with E-state index in [2.05, 4.69) is 12.1 Å². The Morgan fingerprint density at radius 2 is 1.77 bits per heavy atom. The van der Waals surface area contributed by atoms with E-state index in [0.29, 0.717) is 32.5 Å². The molecule has 31 heavy (non-hydrogen) atoms. The molecule has 2 aromatic carbocycles. The molecule has 0 bridgehead atoms. The number of rotatable bonds is 6. The molecule has 2 aliphatic rings. The highest BCUT2D eigenvalue weighted by Gasteiger charge is 2.43. The number of carbonyl (C=O) groups is 2. The van der Waals surface area contributed by atoms with Gasteiger partial charge in [0.2, 0.25) is 5.91 Å². The van der Waals surface area contributed by atoms with Crippen molar-refractivity contribution in [2.24, 2.45) is 11.1 Å². The highest BCUT2D eigenvalue weighted by Crippen LogP contribution is 2.35. The molecular weight excluding hydrogens is 392 g/mol. The van der Waals surface area contributed by atoms with Crippen LogP contribution >= 0.6 is 0 Å². The molecule has 2 aromatic rings. The third-order valence-corrected chi connectivity index (χ3v) is 6.54. The Hall–Kier alpha value is -2.86. The molecular formula is C25H30N2O4. The van der Waals surface area contributed by atoms with Crippen LogP contribution in [0.2, 0.25) is 0 Å². The van der Waals surface area contributed by atoms with Crippen molar-refractivity contribution in [1.82, 2.24) is 4.90 Å². The molecule has 2 atom stereocenters. The molecule has 4 rings (SSSR count). The molecule has 0 spiro atoms. The maximum Gasteiger partial charge on any atom is 0.251 e. The minimum atomic E-state index is -0.742. The Balaban J connectivity index is 1.49. The number of nitrogens with zero attached hydrogens (tertiary/aromatic N) is 1. The monoisotopic (exact) mass is 422 g/mol. The first kappa shape index (κ1) is 21.4. The van der Waals surface area contributed by atoms with Gasteiger partial charge in [0.1, 0.15) is 11.9 Å². The van der Waals surface area contributed by atoms with Gasteiger partial charge in [-0.25, -0.2) is 0 Å². The van der Waals surface area contributed by atoms with Gasteiger partial charge in [-0.3, -0.25) is 9.59 Å². The van der Waals surface area contributed by atoms with Crippen LogP contribution in [-0.4, -0.2) is 49.6 Å². The van der Waals surface area contributed by atoms with Crippen molar-refractivity contribution in [3.05, 3.63) is 54.1 Å². The number of primary amides is 1. The van der Waals surface area contributed by atoms with Gasteiger partial charge in [-0.2, -0.15) is 0 Å². The Morgan fingerprint density at radius 1 is 1.10 bits per heavy atom. The van der Waals surface area contributed by atoms with E-state index < -0.39 is 5.41 Å². The zero-order valence-corrected chi connectivity index (χ0v) is 18.0. The lowest BCUT2D eigenvalue weighted by atomic mass is 9.74. The maximum absolute atomic E-state index is 12.9. The molecule has 2 heterocycles. The molecule has 0 radical (unpaired) electrons. The lowest BCUT2D eigenvalue weighted by Gasteiger charge is -2.41. The second kappa shape index (κ2) is 9.10. The fourth-order valence-electron chi connectivity index (χ4n) is 4.72. The predicted octanol–water partition coefficient (Wildman–Crippen LogP) is 3.18. The maximum atomic E-state index is 12.9. The van der Waals surface area contributed by atoms with E-state index in [0.717, 1.165) is 41.7 Å². The zero-order chi connectivity index (χ0) is 21.8. The highest BCUT2D eigenvalue weighted by atomic mass is 16.5. The summed E-state index contributed by atoms with van der Waals surface area (Å²) in [5.41, 5.74) is 8.39. The van der Waals surface area contributed by atoms with Crippen LogP contribution in [0.3, 0.4) is 0 Å². The van der Waals surface area contributed by atoms with E-state index in [1.165, 1.54) is 0 Å². The van der Waals surface area contributed by atoms with Gasteiger partial charge in [-0.1, -0.05) is 36.4 Å². The first-order chi connectivity index (χ1) is 15.0. The summed E-state index contributed by atoms with van der Waals surface area (Å²) in [6, 6.07) is 16.1. The van der Waals surface area contributed by atoms with Gasteiger partial charge < -0.3 is 20.1 Å². The van der Waals surface area contributed by atoms with E-state index in [1.54, 1.807) is 12.0 Å². The SMILES string of the molecule is COc1ccc(-c2ccc(C[C@]3(C(N)=O)CCCN(C(=O)[C@H]4CCCO4)C3)cc2)cc1. The second-order valence-corrected chi connectivity index (χ2v) is 8.61. The topological polar surface area (TPSA) is 81.9 Å². The van der Waals surface area contributed by atoms with Crippen molar-refractivity contribution in [1.29, 1.82) is 0 Å². The number of benzene rings is 2.